The van der Waals surface area contributed by atoms with E-state index in [-0.39, 0.29) is 5.91 Å². The summed E-state index contributed by atoms with van der Waals surface area (Å²) in [7, 11) is 0. The van der Waals surface area contributed by atoms with Crippen LogP contribution in [0.5, 0.6) is 0 Å². The molecule has 2 N–H and O–H groups in total. The summed E-state index contributed by atoms with van der Waals surface area (Å²) in [5, 5.41) is 6.41. The number of carbonyl (C=O) groups excluding carboxylic acids is 1. The highest BCUT2D eigenvalue weighted by molar-refractivity contribution is 5.93. The summed E-state index contributed by atoms with van der Waals surface area (Å²) in [4.78, 5) is 20.4. The second-order valence-electron chi connectivity index (χ2n) is 5.95. The minimum atomic E-state index is -0.158. The van der Waals surface area contributed by atoms with Gasteiger partial charge in [0.2, 0.25) is 0 Å². The van der Waals surface area contributed by atoms with Crippen molar-refractivity contribution >= 4 is 11.6 Å². The van der Waals surface area contributed by atoms with Crippen LogP contribution in [0.15, 0.2) is 42.9 Å². The molecule has 1 aliphatic rings. The predicted octanol–water partition coefficient (Wildman–Crippen LogP) is 3.15. The lowest BCUT2D eigenvalue weighted by Crippen LogP contribution is -2.25. The number of pyridine rings is 2. The molecule has 3 rings (SSSR count). The summed E-state index contributed by atoms with van der Waals surface area (Å²) < 4.78 is 0. The molecule has 0 bridgehead atoms. The number of nitrogens with zero attached hydrogens (tertiary/aromatic N) is 2. The maximum atomic E-state index is 12.2. The molecular weight excluding hydrogens is 288 g/mol. The van der Waals surface area contributed by atoms with Gasteiger partial charge in [-0.05, 0) is 42.7 Å². The Labute approximate surface area is 136 Å². The van der Waals surface area contributed by atoms with Gasteiger partial charge in [0.25, 0.3) is 5.91 Å². The first kappa shape index (κ1) is 15.5. The van der Waals surface area contributed by atoms with Gasteiger partial charge in [-0.25, -0.2) is 0 Å². The summed E-state index contributed by atoms with van der Waals surface area (Å²) in [6.07, 6.45) is 11.4. The number of hydrogen-bond acceptors (Lipinski definition) is 4. The third kappa shape index (κ3) is 4.52. The molecule has 5 heteroatoms. The van der Waals surface area contributed by atoms with Gasteiger partial charge >= 0.3 is 0 Å². The van der Waals surface area contributed by atoms with Gasteiger partial charge in [-0.2, -0.15) is 0 Å². The lowest BCUT2D eigenvalue weighted by atomic mass is 9.95. The van der Waals surface area contributed by atoms with Gasteiger partial charge in [-0.1, -0.05) is 19.3 Å². The Balaban J connectivity index is 1.58. The Hall–Kier alpha value is -2.43. The molecule has 0 unspecified atom stereocenters. The number of hydrogen-bond donors (Lipinski definition) is 2. The van der Waals surface area contributed by atoms with Crippen molar-refractivity contribution in [3.05, 3.63) is 54.1 Å². The smallest absolute Gasteiger partial charge is 0.270 e. The highest BCUT2D eigenvalue weighted by Gasteiger charge is 2.14. The van der Waals surface area contributed by atoms with Crippen molar-refractivity contribution < 1.29 is 4.79 Å². The van der Waals surface area contributed by atoms with Crippen LogP contribution >= 0.6 is 0 Å². The molecule has 0 aromatic carbocycles. The Morgan fingerprint density at radius 3 is 2.65 bits per heavy atom. The lowest BCUT2D eigenvalue weighted by Gasteiger charge is -2.23. The first-order valence-electron chi connectivity index (χ1n) is 8.21. The number of aromatic nitrogens is 2. The van der Waals surface area contributed by atoms with Crippen molar-refractivity contribution in [3.63, 3.8) is 0 Å². The summed E-state index contributed by atoms with van der Waals surface area (Å²) in [5.74, 6) is -0.158. The third-order valence-electron chi connectivity index (χ3n) is 4.17. The van der Waals surface area contributed by atoms with E-state index < -0.39 is 0 Å². The summed E-state index contributed by atoms with van der Waals surface area (Å²) in [5.41, 5.74) is 2.44. The van der Waals surface area contributed by atoms with Crippen LogP contribution in [0.4, 0.5) is 5.69 Å². The molecule has 0 radical (unpaired) electrons. The van der Waals surface area contributed by atoms with Crippen molar-refractivity contribution in [3.8, 4) is 0 Å². The van der Waals surface area contributed by atoms with Crippen LogP contribution in [0.1, 0.15) is 48.2 Å². The molecule has 1 aliphatic carbocycles. The summed E-state index contributed by atoms with van der Waals surface area (Å²) in [6, 6.07) is 8.03. The molecule has 0 saturated heterocycles. The Morgan fingerprint density at radius 1 is 1.09 bits per heavy atom. The molecule has 1 saturated carbocycles. The molecule has 1 amide bonds. The van der Waals surface area contributed by atoms with Crippen LogP contribution in [0.25, 0.3) is 0 Å². The second-order valence-corrected chi connectivity index (χ2v) is 5.95. The van der Waals surface area contributed by atoms with E-state index in [0.29, 0.717) is 18.3 Å². The molecule has 2 aromatic rings. The zero-order valence-electron chi connectivity index (χ0n) is 13.2. The largest absolute Gasteiger partial charge is 0.382 e. The quantitative estimate of drug-likeness (QED) is 0.890. The van der Waals surface area contributed by atoms with Crippen molar-refractivity contribution in [1.82, 2.24) is 15.3 Å². The summed E-state index contributed by atoms with van der Waals surface area (Å²) in [6.45, 7) is 0.476. The number of carbonyl (C=O) groups is 1. The lowest BCUT2D eigenvalue weighted by molar-refractivity contribution is 0.0946. The SMILES string of the molecule is O=C(NCc1ccncc1)c1cc(NC2CCCCC2)ccn1. The average molecular weight is 310 g/mol. The van der Waals surface area contributed by atoms with Gasteiger partial charge in [0.15, 0.2) is 0 Å². The van der Waals surface area contributed by atoms with Crippen LogP contribution in [-0.2, 0) is 6.54 Å². The van der Waals surface area contributed by atoms with Crippen LogP contribution in [0.2, 0.25) is 0 Å². The summed E-state index contributed by atoms with van der Waals surface area (Å²) >= 11 is 0. The Kier molecular flexibility index (Phi) is 5.19. The van der Waals surface area contributed by atoms with E-state index in [2.05, 4.69) is 20.6 Å². The standard InChI is InChI=1S/C18H22N4O/c23-18(21-13-14-6-9-19-10-7-14)17-12-16(8-11-20-17)22-15-4-2-1-3-5-15/h6-12,15H,1-5,13H2,(H,20,22)(H,21,23). The molecule has 1 fully saturated rings. The Bertz CT molecular complexity index is 638. The molecule has 2 heterocycles. The van der Waals surface area contributed by atoms with Crippen molar-refractivity contribution in [2.75, 3.05) is 5.32 Å². The van der Waals surface area contributed by atoms with Gasteiger partial charge < -0.3 is 10.6 Å². The fraction of sp³-hybridized carbons (Fsp3) is 0.389. The zero-order chi connectivity index (χ0) is 15.9. The van der Waals surface area contributed by atoms with Gasteiger partial charge in [-0.15, -0.1) is 0 Å². The minimum Gasteiger partial charge on any atom is -0.382 e. The van der Waals surface area contributed by atoms with Crippen LogP contribution in [-0.4, -0.2) is 21.9 Å². The van der Waals surface area contributed by atoms with E-state index in [4.69, 9.17) is 0 Å². The van der Waals surface area contributed by atoms with Crippen molar-refractivity contribution in [2.24, 2.45) is 0 Å². The van der Waals surface area contributed by atoms with E-state index in [1.54, 1.807) is 18.6 Å². The normalized spacial score (nSPS) is 15.1. The average Bonchev–Trinajstić information content (AvgIpc) is 2.62. The highest BCUT2D eigenvalue weighted by atomic mass is 16.1. The van der Waals surface area contributed by atoms with E-state index in [1.165, 1.54) is 32.1 Å². The zero-order valence-corrected chi connectivity index (χ0v) is 13.2. The molecule has 0 atom stereocenters. The maximum absolute atomic E-state index is 12.2. The van der Waals surface area contributed by atoms with E-state index in [1.807, 2.05) is 24.3 Å². The first-order valence-corrected chi connectivity index (χ1v) is 8.21. The molecule has 120 valence electrons. The molecule has 0 aliphatic heterocycles. The Morgan fingerprint density at radius 2 is 1.87 bits per heavy atom. The van der Waals surface area contributed by atoms with Crippen molar-refractivity contribution in [1.29, 1.82) is 0 Å². The third-order valence-corrected chi connectivity index (χ3v) is 4.17. The topological polar surface area (TPSA) is 66.9 Å². The van der Waals surface area contributed by atoms with Gasteiger partial charge in [0.1, 0.15) is 5.69 Å². The fourth-order valence-corrected chi connectivity index (χ4v) is 2.90. The van der Waals surface area contributed by atoms with E-state index in [0.717, 1.165) is 11.3 Å². The maximum Gasteiger partial charge on any atom is 0.270 e. The van der Waals surface area contributed by atoms with Gasteiger partial charge in [-0.3, -0.25) is 14.8 Å². The molecule has 5 nitrogen and oxygen atoms in total. The monoisotopic (exact) mass is 310 g/mol. The number of amides is 1. The number of anilines is 1. The van der Waals surface area contributed by atoms with Gasteiger partial charge in [0, 0.05) is 36.9 Å². The van der Waals surface area contributed by atoms with Crippen LogP contribution in [0, 0.1) is 0 Å². The minimum absolute atomic E-state index is 0.158. The molecule has 0 spiro atoms. The van der Waals surface area contributed by atoms with E-state index >= 15 is 0 Å². The predicted molar refractivity (Wildman–Crippen MR) is 90.1 cm³/mol. The molecule has 2 aromatic heterocycles. The van der Waals surface area contributed by atoms with Crippen LogP contribution in [0.3, 0.4) is 0 Å². The fourth-order valence-electron chi connectivity index (χ4n) is 2.90. The van der Waals surface area contributed by atoms with Crippen molar-refractivity contribution in [2.45, 2.75) is 44.7 Å². The highest BCUT2D eigenvalue weighted by Crippen LogP contribution is 2.21. The first-order chi connectivity index (χ1) is 11.3. The van der Waals surface area contributed by atoms with E-state index in [9.17, 15) is 4.79 Å². The molecular formula is C18H22N4O. The van der Waals surface area contributed by atoms with Crippen LogP contribution < -0.4 is 10.6 Å². The second kappa shape index (κ2) is 7.72. The molecule has 23 heavy (non-hydrogen) atoms. The van der Waals surface area contributed by atoms with Gasteiger partial charge in [0.05, 0.1) is 0 Å². The number of nitrogens with one attached hydrogen (secondary N) is 2. The number of rotatable bonds is 5.